The lowest BCUT2D eigenvalue weighted by Gasteiger charge is -2.48. The van der Waals surface area contributed by atoms with Gasteiger partial charge in [-0.25, -0.2) is 4.39 Å². The van der Waals surface area contributed by atoms with Crippen LogP contribution in [0.4, 0.5) is 4.39 Å². The fourth-order valence-electron chi connectivity index (χ4n) is 6.33. The van der Waals surface area contributed by atoms with Gasteiger partial charge in [0.1, 0.15) is 19.0 Å². The minimum atomic E-state index is -1.04. The molecule has 0 saturated heterocycles. The van der Waals surface area contributed by atoms with Crippen LogP contribution in [0.5, 0.6) is 5.75 Å². The molecule has 2 aromatic carbocycles. The lowest BCUT2D eigenvalue weighted by molar-refractivity contribution is -0.138. The molecule has 0 unspecified atom stereocenters. The number of carbonyl (C=O) groups is 3. The molecule has 2 aliphatic carbocycles. The molecule has 0 amide bonds. The molecule has 1 heterocycles. The SMILES string of the molecule is CC1(C)CC(=O)C2=C(C1)N(CC(=O)O)C1=C(C(=O)CC(C)(C)C1)C2c1cc(Cl)c(OCc2ccc(F)cc2)c(Cl)c1. The highest BCUT2D eigenvalue weighted by Gasteiger charge is 2.49. The average Bonchev–Trinajstić information content (AvgIpc) is 2.83. The monoisotopic (exact) mass is 599 g/mol. The summed E-state index contributed by atoms with van der Waals surface area (Å²) in [6.07, 6.45) is 1.52. The normalized spacial score (nSPS) is 20.2. The number of allylic oxidation sites excluding steroid dienone is 4. The number of aliphatic carboxylic acids is 1. The van der Waals surface area contributed by atoms with Crippen LogP contribution in [0.25, 0.3) is 0 Å². The number of hydrogen-bond acceptors (Lipinski definition) is 5. The van der Waals surface area contributed by atoms with Crippen molar-refractivity contribution >= 4 is 40.7 Å². The zero-order valence-electron chi connectivity index (χ0n) is 23.4. The van der Waals surface area contributed by atoms with E-state index in [9.17, 15) is 23.9 Å². The highest BCUT2D eigenvalue weighted by molar-refractivity contribution is 6.37. The van der Waals surface area contributed by atoms with Crippen LogP contribution in [0, 0.1) is 16.6 Å². The van der Waals surface area contributed by atoms with Gasteiger partial charge >= 0.3 is 5.97 Å². The van der Waals surface area contributed by atoms with Crippen LogP contribution < -0.4 is 4.74 Å². The highest BCUT2D eigenvalue weighted by atomic mass is 35.5. The molecule has 3 aliphatic rings. The Balaban J connectivity index is 1.64. The maximum atomic E-state index is 13.8. The molecule has 0 atom stereocenters. The van der Waals surface area contributed by atoms with Crippen LogP contribution in [0.15, 0.2) is 58.9 Å². The average molecular weight is 601 g/mol. The molecule has 0 saturated carbocycles. The Bertz CT molecular complexity index is 1450. The van der Waals surface area contributed by atoms with Crippen molar-refractivity contribution < 1.29 is 28.6 Å². The standard InChI is InChI=1S/C32H32Cl2FNO5/c1-31(2)11-22-28(24(37)13-31)27(29-23(36(22)15-26(39)40)12-32(3,4)14-25(29)38)18-9-20(33)30(21(34)10-18)41-16-17-5-7-19(35)8-6-17/h5-10,27H,11-16H2,1-4H3,(H,39,40). The number of hydrogen-bond donors (Lipinski definition) is 1. The van der Waals surface area contributed by atoms with Crippen LogP contribution in [0.1, 0.15) is 70.4 Å². The van der Waals surface area contributed by atoms with Crippen LogP contribution in [-0.2, 0) is 21.0 Å². The van der Waals surface area contributed by atoms with Gasteiger partial charge in [0.05, 0.1) is 10.0 Å². The fraction of sp³-hybridized carbons (Fsp3) is 0.406. The van der Waals surface area contributed by atoms with E-state index in [-0.39, 0.29) is 70.0 Å². The Morgan fingerprint density at radius 2 is 1.41 bits per heavy atom. The highest BCUT2D eigenvalue weighted by Crippen LogP contribution is 2.55. The number of carbonyl (C=O) groups excluding carboxylic acids is 2. The molecule has 0 aromatic heterocycles. The summed E-state index contributed by atoms with van der Waals surface area (Å²) in [5.74, 6) is -2.12. The molecule has 0 fully saturated rings. The van der Waals surface area contributed by atoms with Crippen molar-refractivity contribution in [3.8, 4) is 5.75 Å². The Kier molecular flexibility index (Phi) is 7.58. The third kappa shape index (κ3) is 5.80. The molecular formula is C32H32Cl2FNO5. The van der Waals surface area contributed by atoms with Gasteiger partial charge in [0.25, 0.3) is 0 Å². The van der Waals surface area contributed by atoms with Crippen LogP contribution in [0.2, 0.25) is 10.0 Å². The Morgan fingerprint density at radius 3 is 1.88 bits per heavy atom. The first-order valence-electron chi connectivity index (χ1n) is 13.5. The van der Waals surface area contributed by atoms with E-state index in [1.165, 1.54) is 12.1 Å². The second-order valence-corrected chi connectivity index (χ2v) is 13.6. The number of ether oxygens (including phenoxy) is 1. The first-order valence-corrected chi connectivity index (χ1v) is 14.3. The Morgan fingerprint density at radius 1 is 0.927 bits per heavy atom. The van der Waals surface area contributed by atoms with Gasteiger partial charge in [-0.05, 0) is 59.1 Å². The minimum absolute atomic E-state index is 0.110. The third-order valence-corrected chi connectivity index (χ3v) is 8.53. The van der Waals surface area contributed by atoms with Crippen molar-refractivity contribution in [3.05, 3.63) is 85.9 Å². The minimum Gasteiger partial charge on any atom is -0.486 e. The fourth-order valence-corrected chi connectivity index (χ4v) is 6.94. The zero-order chi connectivity index (χ0) is 29.9. The molecule has 6 nitrogen and oxygen atoms in total. The molecule has 1 aliphatic heterocycles. The zero-order valence-corrected chi connectivity index (χ0v) is 25.0. The quantitative estimate of drug-likeness (QED) is 0.370. The Labute approximate surface area is 248 Å². The number of ketones is 2. The van der Waals surface area contributed by atoms with Crippen molar-refractivity contribution in [2.24, 2.45) is 10.8 Å². The van der Waals surface area contributed by atoms with E-state index in [0.717, 1.165) is 5.56 Å². The second kappa shape index (κ2) is 10.6. The summed E-state index contributed by atoms with van der Waals surface area (Å²) in [6, 6.07) is 9.21. The van der Waals surface area contributed by atoms with E-state index in [4.69, 9.17) is 27.9 Å². The van der Waals surface area contributed by atoms with E-state index in [1.54, 1.807) is 29.2 Å². The van der Waals surface area contributed by atoms with E-state index < -0.39 is 11.9 Å². The molecule has 9 heteroatoms. The molecule has 0 spiro atoms. The molecule has 5 rings (SSSR count). The molecule has 0 radical (unpaired) electrons. The summed E-state index contributed by atoms with van der Waals surface area (Å²) in [4.78, 5) is 41.3. The van der Waals surface area contributed by atoms with Gasteiger partial charge in [-0.1, -0.05) is 63.0 Å². The van der Waals surface area contributed by atoms with E-state index in [0.29, 0.717) is 40.9 Å². The van der Waals surface area contributed by atoms with Crippen molar-refractivity contribution in [1.29, 1.82) is 0 Å². The lowest BCUT2D eigenvalue weighted by Crippen LogP contribution is -2.45. The van der Waals surface area contributed by atoms with Crippen molar-refractivity contribution in [3.63, 3.8) is 0 Å². The first kappa shape index (κ1) is 29.3. The van der Waals surface area contributed by atoms with Gasteiger partial charge in [0, 0.05) is 41.3 Å². The molecule has 1 N–H and O–H groups in total. The van der Waals surface area contributed by atoms with E-state index in [1.807, 2.05) is 27.7 Å². The number of halogens is 3. The van der Waals surface area contributed by atoms with Crippen molar-refractivity contribution in [2.75, 3.05) is 6.54 Å². The summed E-state index contributed by atoms with van der Waals surface area (Å²) >= 11 is 13.4. The predicted octanol–water partition coefficient (Wildman–Crippen LogP) is 7.48. The maximum Gasteiger partial charge on any atom is 0.323 e. The van der Waals surface area contributed by atoms with Gasteiger partial charge in [-0.2, -0.15) is 0 Å². The molecule has 41 heavy (non-hydrogen) atoms. The first-order chi connectivity index (χ1) is 19.2. The number of Topliss-reactive ketones (excluding diaryl/α,β-unsaturated/α-hetero) is 2. The third-order valence-electron chi connectivity index (χ3n) is 7.97. The maximum absolute atomic E-state index is 13.8. The summed E-state index contributed by atoms with van der Waals surface area (Å²) in [5, 5.41) is 10.3. The van der Waals surface area contributed by atoms with Gasteiger partial charge in [-0.15, -0.1) is 0 Å². The lowest BCUT2D eigenvalue weighted by atomic mass is 9.63. The van der Waals surface area contributed by atoms with Crippen LogP contribution in [-0.4, -0.2) is 34.1 Å². The summed E-state index contributed by atoms with van der Waals surface area (Å²) in [7, 11) is 0. The summed E-state index contributed by atoms with van der Waals surface area (Å²) < 4.78 is 19.2. The number of nitrogens with zero attached hydrogens (tertiary/aromatic N) is 1. The van der Waals surface area contributed by atoms with Gasteiger partial charge in [-0.3, -0.25) is 14.4 Å². The van der Waals surface area contributed by atoms with E-state index in [2.05, 4.69) is 0 Å². The number of carboxylic acids is 1. The van der Waals surface area contributed by atoms with Crippen molar-refractivity contribution in [1.82, 2.24) is 4.90 Å². The number of benzene rings is 2. The van der Waals surface area contributed by atoms with Gasteiger partial charge in [0.15, 0.2) is 17.3 Å². The smallest absolute Gasteiger partial charge is 0.323 e. The Hall–Kier alpha value is -3.16. The predicted molar refractivity (Wildman–Crippen MR) is 154 cm³/mol. The summed E-state index contributed by atoms with van der Waals surface area (Å²) in [5.41, 5.74) is 2.70. The largest absolute Gasteiger partial charge is 0.486 e. The van der Waals surface area contributed by atoms with E-state index >= 15 is 0 Å². The van der Waals surface area contributed by atoms with Gasteiger partial charge in [0.2, 0.25) is 0 Å². The molecule has 0 bridgehead atoms. The molecule has 216 valence electrons. The van der Waals surface area contributed by atoms with Crippen LogP contribution >= 0.6 is 23.2 Å². The van der Waals surface area contributed by atoms with Crippen molar-refractivity contribution in [2.45, 2.75) is 65.9 Å². The number of carboxylic acid groups (broad SMARTS) is 1. The molecule has 2 aromatic rings. The molecular weight excluding hydrogens is 568 g/mol. The van der Waals surface area contributed by atoms with Crippen LogP contribution in [0.3, 0.4) is 0 Å². The second-order valence-electron chi connectivity index (χ2n) is 12.7. The van der Waals surface area contributed by atoms with Gasteiger partial charge < -0.3 is 14.7 Å². The number of rotatable bonds is 6. The topological polar surface area (TPSA) is 83.9 Å². The summed E-state index contributed by atoms with van der Waals surface area (Å²) in [6.45, 7) is 7.73.